The zero-order valence-corrected chi connectivity index (χ0v) is 13.6. The average molecular weight is 318 g/mol. The monoisotopic (exact) mass is 317 g/mol. The molecular formula is C18H20ClNO2. The highest BCUT2D eigenvalue weighted by atomic mass is 35.5. The molecule has 1 aromatic carbocycles. The Hall–Kier alpha value is -1.87. The molecule has 0 aliphatic heterocycles. The topological polar surface area (TPSA) is 39.2 Å². The van der Waals surface area contributed by atoms with E-state index in [4.69, 9.17) is 16.3 Å². The van der Waals surface area contributed by atoms with Crippen molar-refractivity contribution >= 4 is 17.6 Å². The fraction of sp³-hybridized carbons (Fsp3) is 0.333. The zero-order chi connectivity index (χ0) is 15.9. The second kappa shape index (κ2) is 7.95. The molecule has 116 valence electrons. The van der Waals surface area contributed by atoms with E-state index in [1.807, 2.05) is 31.2 Å². The van der Waals surface area contributed by atoms with E-state index in [-0.39, 0.29) is 5.92 Å². The number of alkyl halides is 1. The molecule has 0 radical (unpaired) electrons. The Morgan fingerprint density at radius 1 is 1.27 bits per heavy atom. The lowest BCUT2D eigenvalue weighted by molar-refractivity contribution is 0.0593. The van der Waals surface area contributed by atoms with E-state index in [9.17, 15) is 4.79 Å². The van der Waals surface area contributed by atoms with Gasteiger partial charge in [0, 0.05) is 11.6 Å². The molecule has 0 bridgehead atoms. The van der Waals surface area contributed by atoms with Crippen LogP contribution in [0.1, 0.15) is 39.6 Å². The Morgan fingerprint density at radius 3 is 2.64 bits per heavy atom. The maximum Gasteiger partial charge on any atom is 0.356 e. The van der Waals surface area contributed by atoms with Crippen LogP contribution >= 0.6 is 11.6 Å². The number of halogens is 1. The highest BCUT2D eigenvalue weighted by molar-refractivity contribution is 6.18. The average Bonchev–Trinajstić information content (AvgIpc) is 2.55. The molecule has 0 aliphatic rings. The van der Waals surface area contributed by atoms with Crippen molar-refractivity contribution in [3.63, 3.8) is 0 Å². The zero-order valence-electron chi connectivity index (χ0n) is 12.9. The lowest BCUT2D eigenvalue weighted by Crippen LogP contribution is -2.09. The standard InChI is InChI=1S/C18H20ClNO2/c1-13-10-16(11-17(20-13)18(21)22-2)15(12-19)9-8-14-6-4-3-5-7-14/h3-7,10-11,15H,8-9,12H2,1-2H3. The number of aryl methyl sites for hydroxylation is 2. The molecule has 1 unspecified atom stereocenters. The first-order valence-electron chi connectivity index (χ1n) is 7.31. The molecule has 0 aliphatic carbocycles. The van der Waals surface area contributed by atoms with Crippen molar-refractivity contribution in [3.8, 4) is 0 Å². The third-order valence-corrected chi connectivity index (χ3v) is 4.02. The molecule has 3 nitrogen and oxygen atoms in total. The molecule has 4 heteroatoms. The van der Waals surface area contributed by atoms with Crippen molar-refractivity contribution in [2.45, 2.75) is 25.7 Å². The van der Waals surface area contributed by atoms with Gasteiger partial charge >= 0.3 is 5.97 Å². The molecule has 0 saturated carbocycles. The molecule has 0 saturated heterocycles. The Bertz CT molecular complexity index is 628. The summed E-state index contributed by atoms with van der Waals surface area (Å²) in [4.78, 5) is 15.9. The second-order valence-corrected chi connectivity index (χ2v) is 5.60. The van der Waals surface area contributed by atoms with Crippen LogP contribution < -0.4 is 0 Å². The Labute approximate surface area is 136 Å². The van der Waals surface area contributed by atoms with Gasteiger partial charge in [-0.05, 0) is 48.9 Å². The maximum absolute atomic E-state index is 11.7. The van der Waals surface area contributed by atoms with Crippen LogP contribution in [0.3, 0.4) is 0 Å². The quantitative estimate of drug-likeness (QED) is 0.594. The van der Waals surface area contributed by atoms with Crippen molar-refractivity contribution in [3.05, 3.63) is 65.0 Å². The molecular weight excluding hydrogens is 298 g/mol. The van der Waals surface area contributed by atoms with Crippen molar-refractivity contribution < 1.29 is 9.53 Å². The number of benzene rings is 1. The molecule has 1 atom stereocenters. The molecule has 2 aromatic rings. The summed E-state index contributed by atoms with van der Waals surface area (Å²) in [7, 11) is 1.36. The van der Waals surface area contributed by atoms with E-state index in [0.717, 1.165) is 24.1 Å². The summed E-state index contributed by atoms with van der Waals surface area (Å²) in [6.45, 7) is 1.87. The third kappa shape index (κ3) is 4.31. The highest BCUT2D eigenvalue weighted by Crippen LogP contribution is 2.24. The molecule has 0 N–H and O–H groups in total. The summed E-state index contributed by atoms with van der Waals surface area (Å²) >= 11 is 6.15. The summed E-state index contributed by atoms with van der Waals surface area (Å²) < 4.78 is 4.75. The van der Waals surface area contributed by atoms with Crippen molar-refractivity contribution in [1.82, 2.24) is 4.98 Å². The first-order valence-corrected chi connectivity index (χ1v) is 7.84. The molecule has 0 amide bonds. The van der Waals surface area contributed by atoms with Gasteiger partial charge in [-0.2, -0.15) is 0 Å². The van der Waals surface area contributed by atoms with Crippen molar-refractivity contribution in [2.24, 2.45) is 0 Å². The molecule has 1 aromatic heterocycles. The first-order chi connectivity index (χ1) is 10.6. The van der Waals surface area contributed by atoms with Crippen LogP contribution in [-0.2, 0) is 11.2 Å². The number of pyridine rings is 1. The first kappa shape index (κ1) is 16.5. The summed E-state index contributed by atoms with van der Waals surface area (Å²) in [5, 5.41) is 0. The van der Waals surface area contributed by atoms with Gasteiger partial charge in [-0.1, -0.05) is 30.3 Å². The molecule has 0 spiro atoms. The van der Waals surface area contributed by atoms with Gasteiger partial charge in [0.1, 0.15) is 5.69 Å². The number of carbonyl (C=O) groups excluding carboxylic acids is 1. The number of carbonyl (C=O) groups is 1. The van der Waals surface area contributed by atoms with E-state index >= 15 is 0 Å². The van der Waals surface area contributed by atoms with Gasteiger partial charge in [0.25, 0.3) is 0 Å². The summed E-state index contributed by atoms with van der Waals surface area (Å²) in [6, 6.07) is 14.1. The van der Waals surface area contributed by atoms with Crippen molar-refractivity contribution in [1.29, 1.82) is 0 Å². The highest BCUT2D eigenvalue weighted by Gasteiger charge is 2.16. The number of hydrogen-bond donors (Lipinski definition) is 0. The van der Waals surface area contributed by atoms with Crippen molar-refractivity contribution in [2.75, 3.05) is 13.0 Å². The van der Waals surface area contributed by atoms with E-state index in [0.29, 0.717) is 11.6 Å². The van der Waals surface area contributed by atoms with Gasteiger partial charge in [-0.25, -0.2) is 9.78 Å². The molecule has 0 fully saturated rings. The SMILES string of the molecule is COC(=O)c1cc(C(CCl)CCc2ccccc2)cc(C)n1. The van der Waals surface area contributed by atoms with E-state index in [2.05, 4.69) is 17.1 Å². The number of methoxy groups -OCH3 is 1. The van der Waals surface area contributed by atoms with Gasteiger partial charge in [0.2, 0.25) is 0 Å². The van der Waals surface area contributed by atoms with E-state index in [1.54, 1.807) is 6.07 Å². The summed E-state index contributed by atoms with van der Waals surface area (Å²) in [5.41, 5.74) is 3.47. The molecule has 22 heavy (non-hydrogen) atoms. The number of rotatable bonds is 6. The minimum absolute atomic E-state index is 0.187. The van der Waals surface area contributed by atoms with Gasteiger partial charge < -0.3 is 4.74 Å². The largest absolute Gasteiger partial charge is 0.464 e. The molecule has 2 rings (SSSR count). The fourth-order valence-corrected chi connectivity index (χ4v) is 2.79. The van der Waals surface area contributed by atoms with Crippen LogP contribution in [0, 0.1) is 6.92 Å². The smallest absolute Gasteiger partial charge is 0.356 e. The normalized spacial score (nSPS) is 12.0. The number of ether oxygens (including phenoxy) is 1. The summed E-state index contributed by atoms with van der Waals surface area (Å²) in [5.74, 6) is 0.282. The van der Waals surface area contributed by atoms with Gasteiger partial charge in [0.15, 0.2) is 0 Å². The number of esters is 1. The van der Waals surface area contributed by atoms with Crippen LogP contribution in [-0.4, -0.2) is 23.9 Å². The third-order valence-electron chi connectivity index (χ3n) is 3.65. The molecule has 1 heterocycles. The number of nitrogens with zero attached hydrogens (tertiary/aromatic N) is 1. The minimum Gasteiger partial charge on any atom is -0.464 e. The van der Waals surface area contributed by atoms with Gasteiger partial charge in [-0.3, -0.25) is 0 Å². The van der Waals surface area contributed by atoms with E-state index in [1.165, 1.54) is 12.7 Å². The maximum atomic E-state index is 11.7. The van der Waals surface area contributed by atoms with Crippen LogP contribution in [0.25, 0.3) is 0 Å². The van der Waals surface area contributed by atoms with Gasteiger partial charge in [0.05, 0.1) is 7.11 Å². The van der Waals surface area contributed by atoms with Gasteiger partial charge in [-0.15, -0.1) is 11.6 Å². The predicted octanol–water partition coefficient (Wildman–Crippen LogP) is 4.13. The van der Waals surface area contributed by atoms with Crippen LogP contribution in [0.4, 0.5) is 0 Å². The Balaban J connectivity index is 2.16. The van der Waals surface area contributed by atoms with Crippen LogP contribution in [0.15, 0.2) is 42.5 Å². The predicted molar refractivity (Wildman–Crippen MR) is 88.5 cm³/mol. The number of aromatic nitrogens is 1. The minimum atomic E-state index is -0.415. The van der Waals surface area contributed by atoms with E-state index < -0.39 is 5.97 Å². The number of hydrogen-bond acceptors (Lipinski definition) is 3. The lowest BCUT2D eigenvalue weighted by atomic mass is 9.93. The fourth-order valence-electron chi connectivity index (χ4n) is 2.46. The summed E-state index contributed by atoms with van der Waals surface area (Å²) in [6.07, 6.45) is 1.88. The Kier molecular flexibility index (Phi) is 5.96. The Morgan fingerprint density at radius 2 is 2.00 bits per heavy atom. The van der Waals surface area contributed by atoms with Crippen LogP contribution in [0.5, 0.6) is 0 Å². The second-order valence-electron chi connectivity index (χ2n) is 5.29. The lowest BCUT2D eigenvalue weighted by Gasteiger charge is -2.16. The van der Waals surface area contributed by atoms with Crippen LogP contribution in [0.2, 0.25) is 0 Å².